The molecule has 16 heavy (non-hydrogen) atoms. The normalized spacial score (nSPS) is 19.8. The van der Waals surface area contributed by atoms with Gasteiger partial charge in [0.25, 0.3) is 0 Å². The highest BCUT2D eigenvalue weighted by molar-refractivity contribution is 6.01. The van der Waals surface area contributed by atoms with E-state index >= 15 is 0 Å². The summed E-state index contributed by atoms with van der Waals surface area (Å²) in [5, 5.41) is 8.95. The van der Waals surface area contributed by atoms with Crippen LogP contribution in [-0.4, -0.2) is 34.5 Å². The molecule has 0 aliphatic carbocycles. The lowest BCUT2D eigenvalue weighted by Gasteiger charge is -2.20. The zero-order valence-electron chi connectivity index (χ0n) is 8.80. The molecule has 0 radical (unpaired) electrons. The number of carbonyl (C=O) groups is 2. The van der Waals surface area contributed by atoms with Gasteiger partial charge in [0.1, 0.15) is 0 Å². The molecule has 1 N–H and O–H groups in total. The molecule has 1 amide bonds. The lowest BCUT2D eigenvalue weighted by molar-refractivity contribution is 0.0845. The van der Waals surface area contributed by atoms with Crippen molar-refractivity contribution in [3.63, 3.8) is 0 Å². The average Bonchev–Trinajstić information content (AvgIpc) is 2.78. The van der Waals surface area contributed by atoms with Crippen molar-refractivity contribution in [1.29, 1.82) is 0 Å². The number of nitrogens with zero attached hydrogens (tertiary/aromatic N) is 1. The van der Waals surface area contributed by atoms with Crippen molar-refractivity contribution in [3.8, 4) is 0 Å². The van der Waals surface area contributed by atoms with E-state index in [1.54, 1.807) is 24.3 Å². The Hall–Kier alpha value is -1.84. The molecule has 0 aromatic heterocycles. The SMILES string of the molecule is O=C(c1ccccc1)[C@H]1CCCN1C(=O)O. The second kappa shape index (κ2) is 4.35. The molecule has 1 fully saturated rings. The van der Waals surface area contributed by atoms with Crippen molar-refractivity contribution < 1.29 is 14.7 Å². The Morgan fingerprint density at radius 2 is 1.94 bits per heavy atom. The van der Waals surface area contributed by atoms with Gasteiger partial charge in [-0.2, -0.15) is 0 Å². The summed E-state index contributed by atoms with van der Waals surface area (Å²) in [5.41, 5.74) is 0.584. The van der Waals surface area contributed by atoms with Gasteiger partial charge in [-0.05, 0) is 12.8 Å². The molecule has 4 nitrogen and oxygen atoms in total. The van der Waals surface area contributed by atoms with Gasteiger partial charge in [-0.25, -0.2) is 4.79 Å². The Balaban J connectivity index is 2.19. The smallest absolute Gasteiger partial charge is 0.407 e. The van der Waals surface area contributed by atoms with Crippen LogP contribution in [0.4, 0.5) is 4.79 Å². The summed E-state index contributed by atoms with van der Waals surface area (Å²) in [5.74, 6) is -0.0968. The molecule has 1 aromatic rings. The van der Waals surface area contributed by atoms with E-state index in [0.29, 0.717) is 18.5 Å². The third-order valence-electron chi connectivity index (χ3n) is 2.86. The summed E-state index contributed by atoms with van der Waals surface area (Å²) in [4.78, 5) is 24.2. The van der Waals surface area contributed by atoms with Crippen LogP contribution in [0, 0.1) is 0 Å². The van der Waals surface area contributed by atoms with Gasteiger partial charge < -0.3 is 5.11 Å². The van der Waals surface area contributed by atoms with Crippen LogP contribution in [0.3, 0.4) is 0 Å². The zero-order chi connectivity index (χ0) is 11.5. The number of carboxylic acid groups (broad SMARTS) is 1. The van der Waals surface area contributed by atoms with E-state index in [1.165, 1.54) is 4.90 Å². The first-order valence-electron chi connectivity index (χ1n) is 5.29. The summed E-state index contributed by atoms with van der Waals surface area (Å²) in [6.45, 7) is 0.457. The number of Topliss-reactive ketones (excluding diaryl/α,β-unsaturated/α-hetero) is 1. The highest BCUT2D eigenvalue weighted by atomic mass is 16.4. The maximum absolute atomic E-state index is 12.1. The van der Waals surface area contributed by atoms with Gasteiger partial charge in [0.15, 0.2) is 5.78 Å². The number of hydrogen-bond donors (Lipinski definition) is 1. The second-order valence-electron chi connectivity index (χ2n) is 3.86. The standard InChI is InChI=1S/C12H13NO3/c14-11(9-5-2-1-3-6-9)10-7-4-8-13(10)12(15)16/h1-3,5-6,10H,4,7-8H2,(H,15,16)/t10-/m1/s1. The van der Waals surface area contributed by atoms with Gasteiger partial charge in [0.05, 0.1) is 6.04 Å². The van der Waals surface area contributed by atoms with Crippen LogP contribution < -0.4 is 0 Å². The van der Waals surface area contributed by atoms with E-state index in [1.807, 2.05) is 6.07 Å². The molecule has 84 valence electrons. The van der Waals surface area contributed by atoms with Crippen LogP contribution in [-0.2, 0) is 0 Å². The summed E-state index contributed by atoms with van der Waals surface area (Å²) in [6.07, 6.45) is 0.377. The van der Waals surface area contributed by atoms with Crippen molar-refractivity contribution in [2.45, 2.75) is 18.9 Å². The summed E-state index contributed by atoms with van der Waals surface area (Å²) < 4.78 is 0. The van der Waals surface area contributed by atoms with Crippen LogP contribution in [0.15, 0.2) is 30.3 Å². The predicted molar refractivity (Wildman–Crippen MR) is 58.5 cm³/mol. The van der Waals surface area contributed by atoms with Crippen molar-refractivity contribution in [2.24, 2.45) is 0 Å². The van der Waals surface area contributed by atoms with Gasteiger partial charge >= 0.3 is 6.09 Å². The van der Waals surface area contributed by atoms with E-state index < -0.39 is 12.1 Å². The molecule has 1 saturated heterocycles. The number of amides is 1. The Morgan fingerprint density at radius 3 is 2.56 bits per heavy atom. The number of carbonyl (C=O) groups excluding carboxylic acids is 1. The second-order valence-corrected chi connectivity index (χ2v) is 3.86. The van der Waals surface area contributed by atoms with Crippen molar-refractivity contribution in [2.75, 3.05) is 6.54 Å². The summed E-state index contributed by atoms with van der Waals surface area (Å²) >= 11 is 0. The van der Waals surface area contributed by atoms with Crippen molar-refractivity contribution in [3.05, 3.63) is 35.9 Å². The minimum absolute atomic E-state index is 0.0968. The van der Waals surface area contributed by atoms with Gasteiger partial charge in [-0.15, -0.1) is 0 Å². The molecule has 0 bridgehead atoms. The lowest BCUT2D eigenvalue weighted by Crippen LogP contribution is -2.39. The molecule has 0 unspecified atom stereocenters. The van der Waals surface area contributed by atoms with Gasteiger partial charge in [0.2, 0.25) is 0 Å². The molecule has 0 saturated carbocycles. The zero-order valence-corrected chi connectivity index (χ0v) is 8.80. The molecule has 0 spiro atoms. The van der Waals surface area contributed by atoms with Crippen LogP contribution in [0.2, 0.25) is 0 Å². The molecule has 1 aliphatic rings. The topological polar surface area (TPSA) is 57.6 Å². The fourth-order valence-electron chi connectivity index (χ4n) is 2.06. The van der Waals surface area contributed by atoms with Crippen molar-refractivity contribution in [1.82, 2.24) is 4.90 Å². The van der Waals surface area contributed by atoms with Crippen LogP contribution in [0.25, 0.3) is 0 Å². The fourth-order valence-corrected chi connectivity index (χ4v) is 2.06. The van der Waals surface area contributed by atoms with Gasteiger partial charge in [-0.3, -0.25) is 9.69 Å². The van der Waals surface area contributed by atoms with Crippen molar-refractivity contribution >= 4 is 11.9 Å². The summed E-state index contributed by atoms with van der Waals surface area (Å²) in [6, 6.07) is 8.35. The van der Waals surface area contributed by atoms with Crippen LogP contribution in [0.5, 0.6) is 0 Å². The molecule has 1 aliphatic heterocycles. The molecular weight excluding hydrogens is 206 g/mol. The quantitative estimate of drug-likeness (QED) is 0.774. The molecule has 4 heteroatoms. The maximum Gasteiger partial charge on any atom is 0.407 e. The minimum Gasteiger partial charge on any atom is -0.465 e. The van der Waals surface area contributed by atoms with E-state index in [4.69, 9.17) is 5.11 Å². The average molecular weight is 219 g/mol. The molecule has 1 atom stereocenters. The highest BCUT2D eigenvalue weighted by Gasteiger charge is 2.34. The van der Waals surface area contributed by atoms with E-state index in [-0.39, 0.29) is 5.78 Å². The minimum atomic E-state index is -1.01. The van der Waals surface area contributed by atoms with E-state index in [2.05, 4.69) is 0 Å². The Labute approximate surface area is 93.5 Å². The monoisotopic (exact) mass is 219 g/mol. The summed E-state index contributed by atoms with van der Waals surface area (Å²) in [7, 11) is 0. The number of benzene rings is 1. The van der Waals surface area contributed by atoms with Gasteiger partial charge in [-0.1, -0.05) is 30.3 Å². The van der Waals surface area contributed by atoms with E-state index in [9.17, 15) is 9.59 Å². The third kappa shape index (κ3) is 1.91. The molecule has 1 aromatic carbocycles. The maximum atomic E-state index is 12.1. The first-order valence-corrected chi connectivity index (χ1v) is 5.29. The van der Waals surface area contributed by atoms with Gasteiger partial charge in [0, 0.05) is 12.1 Å². The number of rotatable bonds is 2. The lowest BCUT2D eigenvalue weighted by atomic mass is 10.0. The number of ketones is 1. The highest BCUT2D eigenvalue weighted by Crippen LogP contribution is 2.21. The predicted octanol–water partition coefficient (Wildman–Crippen LogP) is 2.01. The Kier molecular flexibility index (Phi) is 2.90. The Bertz CT molecular complexity index is 402. The molecule has 1 heterocycles. The third-order valence-corrected chi connectivity index (χ3v) is 2.86. The van der Waals surface area contributed by atoms with Crippen LogP contribution >= 0.6 is 0 Å². The fraction of sp³-hybridized carbons (Fsp3) is 0.333. The largest absolute Gasteiger partial charge is 0.465 e. The van der Waals surface area contributed by atoms with E-state index in [0.717, 1.165) is 6.42 Å². The number of likely N-dealkylation sites (tertiary alicyclic amines) is 1. The molecule has 2 rings (SSSR count). The Morgan fingerprint density at radius 1 is 1.25 bits per heavy atom. The first-order chi connectivity index (χ1) is 7.70. The first kappa shape index (κ1) is 10.7. The molecular formula is C12H13NO3. The number of hydrogen-bond acceptors (Lipinski definition) is 2. The van der Waals surface area contributed by atoms with Crippen LogP contribution in [0.1, 0.15) is 23.2 Å².